The highest BCUT2D eigenvalue weighted by Crippen LogP contribution is 2.36. The molecular weight excluding hydrogens is 534 g/mol. The van der Waals surface area contributed by atoms with Crippen LogP contribution in [0, 0.1) is 0 Å². The average molecular weight is 568 g/mol. The zero-order valence-electron chi connectivity index (χ0n) is 23.3. The Hall–Kier alpha value is -3.83. The molecule has 0 amide bonds. The number of esters is 1. The molecule has 212 valence electrons. The van der Waals surface area contributed by atoms with E-state index in [1.54, 1.807) is 43.7 Å². The molecule has 40 heavy (non-hydrogen) atoms. The molecule has 1 atom stereocenters. The van der Waals surface area contributed by atoms with E-state index in [1.807, 2.05) is 32.0 Å². The van der Waals surface area contributed by atoms with Crippen molar-refractivity contribution >= 4 is 29.3 Å². The number of fused-ring (bicyclic) bond motifs is 1. The maximum Gasteiger partial charge on any atom is 0.338 e. The van der Waals surface area contributed by atoms with Crippen LogP contribution in [-0.2, 0) is 14.3 Å². The topological polar surface area (TPSA) is 105 Å². The number of carbonyl (C=O) groups is 1. The van der Waals surface area contributed by atoms with E-state index >= 15 is 0 Å². The quantitative estimate of drug-likeness (QED) is 0.383. The molecule has 0 unspecified atom stereocenters. The lowest BCUT2D eigenvalue weighted by atomic mass is 9.95. The second kappa shape index (κ2) is 11.7. The van der Waals surface area contributed by atoms with Gasteiger partial charge in [0.25, 0.3) is 5.56 Å². The zero-order valence-corrected chi connectivity index (χ0v) is 24.1. The first-order chi connectivity index (χ1) is 19.3. The Labute approximate surface area is 235 Å². The molecule has 0 bridgehead atoms. The second-order valence-corrected chi connectivity index (χ2v) is 10.7. The van der Waals surface area contributed by atoms with Crippen molar-refractivity contribution in [1.82, 2.24) is 4.57 Å². The van der Waals surface area contributed by atoms with Crippen LogP contribution in [0.3, 0.4) is 0 Å². The number of nitrogens with zero attached hydrogens (tertiary/aromatic N) is 3. The summed E-state index contributed by atoms with van der Waals surface area (Å²) in [5, 5.41) is 0. The van der Waals surface area contributed by atoms with Gasteiger partial charge in [0, 0.05) is 25.2 Å². The van der Waals surface area contributed by atoms with E-state index in [9.17, 15) is 9.59 Å². The number of hydrogen-bond donors (Lipinski definition) is 0. The van der Waals surface area contributed by atoms with Crippen molar-refractivity contribution in [3.8, 4) is 11.5 Å². The summed E-state index contributed by atoms with van der Waals surface area (Å²) in [5.74, 6) is 1.84. The Bertz CT molecular complexity index is 1610. The Balaban J connectivity index is 1.62. The van der Waals surface area contributed by atoms with Gasteiger partial charge in [0.15, 0.2) is 22.2 Å². The molecule has 2 aromatic heterocycles. The van der Waals surface area contributed by atoms with Crippen molar-refractivity contribution in [2.75, 3.05) is 44.9 Å². The molecular formula is C29H33N3O7S. The fourth-order valence-electron chi connectivity index (χ4n) is 4.82. The number of methoxy groups -OCH3 is 1. The van der Waals surface area contributed by atoms with Crippen LogP contribution in [0.4, 0.5) is 5.88 Å². The van der Waals surface area contributed by atoms with E-state index in [0.717, 1.165) is 19.0 Å². The van der Waals surface area contributed by atoms with Crippen LogP contribution in [-0.4, -0.2) is 56.7 Å². The van der Waals surface area contributed by atoms with Gasteiger partial charge in [0.2, 0.25) is 0 Å². The highest BCUT2D eigenvalue weighted by Gasteiger charge is 2.34. The lowest BCUT2D eigenvalue weighted by molar-refractivity contribution is -0.139. The molecule has 2 aliphatic rings. The standard InChI is InChI=1S/C29H33N3O7S/c1-6-37-28(34)25-18(4)30-29-32(26(25)19-7-9-21(38-17(2)3)22(15-19)35-5)27(33)23(40-29)16-20-8-10-24(39-20)31-11-13-36-14-12-31/h7-10,15-17,26H,6,11-14H2,1-5H3/b23-16-/t26-/m1/s1. The number of aromatic nitrogens is 1. The summed E-state index contributed by atoms with van der Waals surface area (Å²) < 4.78 is 30.3. The highest BCUT2D eigenvalue weighted by molar-refractivity contribution is 7.07. The highest BCUT2D eigenvalue weighted by atomic mass is 32.1. The molecule has 4 heterocycles. The van der Waals surface area contributed by atoms with Crippen molar-refractivity contribution < 1.29 is 28.2 Å². The van der Waals surface area contributed by atoms with Crippen molar-refractivity contribution in [2.45, 2.75) is 39.8 Å². The monoisotopic (exact) mass is 567 g/mol. The van der Waals surface area contributed by atoms with Crippen LogP contribution in [0.5, 0.6) is 11.5 Å². The summed E-state index contributed by atoms with van der Waals surface area (Å²) in [4.78, 5) is 34.3. The molecule has 1 saturated heterocycles. The number of rotatable bonds is 8. The number of thiazole rings is 1. The molecule has 3 aromatic rings. The number of allylic oxidation sites excluding steroid dienone is 1. The number of furan rings is 1. The third-order valence-corrected chi connectivity index (χ3v) is 7.57. The van der Waals surface area contributed by atoms with E-state index in [1.165, 1.54) is 11.3 Å². The molecule has 5 rings (SSSR count). The Morgan fingerprint density at radius 2 is 1.98 bits per heavy atom. The predicted molar refractivity (Wildman–Crippen MR) is 151 cm³/mol. The molecule has 0 spiro atoms. The molecule has 10 nitrogen and oxygen atoms in total. The smallest absolute Gasteiger partial charge is 0.338 e. The minimum Gasteiger partial charge on any atom is -0.493 e. The first kappa shape index (κ1) is 27.7. The van der Waals surface area contributed by atoms with Gasteiger partial charge in [-0.25, -0.2) is 9.79 Å². The van der Waals surface area contributed by atoms with E-state index in [0.29, 0.717) is 56.6 Å². The lowest BCUT2D eigenvalue weighted by Gasteiger charge is -2.26. The Morgan fingerprint density at radius 3 is 2.67 bits per heavy atom. The number of benzene rings is 1. The minimum atomic E-state index is -0.764. The van der Waals surface area contributed by atoms with Gasteiger partial charge in [-0.05, 0) is 51.5 Å². The fourth-order valence-corrected chi connectivity index (χ4v) is 5.84. The van der Waals surface area contributed by atoms with Crippen LogP contribution in [0.1, 0.15) is 45.1 Å². The third kappa shape index (κ3) is 5.44. The molecule has 1 fully saturated rings. The van der Waals surface area contributed by atoms with Gasteiger partial charge in [0.1, 0.15) is 5.76 Å². The van der Waals surface area contributed by atoms with Gasteiger partial charge in [-0.2, -0.15) is 0 Å². The number of carbonyl (C=O) groups excluding carboxylic acids is 1. The number of hydrogen-bond acceptors (Lipinski definition) is 10. The van der Waals surface area contributed by atoms with Crippen molar-refractivity contribution in [1.29, 1.82) is 0 Å². The van der Waals surface area contributed by atoms with Gasteiger partial charge < -0.3 is 28.3 Å². The molecule has 2 aliphatic heterocycles. The van der Waals surface area contributed by atoms with Crippen LogP contribution in [0.2, 0.25) is 0 Å². The molecule has 11 heteroatoms. The van der Waals surface area contributed by atoms with Crippen LogP contribution in [0.25, 0.3) is 6.08 Å². The number of anilines is 1. The van der Waals surface area contributed by atoms with Gasteiger partial charge in [-0.1, -0.05) is 17.4 Å². The average Bonchev–Trinajstić information content (AvgIpc) is 3.53. The Kier molecular flexibility index (Phi) is 8.13. The number of morpholine rings is 1. The maximum absolute atomic E-state index is 13.9. The molecule has 0 saturated carbocycles. The summed E-state index contributed by atoms with van der Waals surface area (Å²) in [6, 6.07) is 8.39. The summed E-state index contributed by atoms with van der Waals surface area (Å²) >= 11 is 1.24. The van der Waals surface area contributed by atoms with Crippen LogP contribution in [0.15, 0.2) is 55.8 Å². The Morgan fingerprint density at radius 1 is 1.20 bits per heavy atom. The van der Waals surface area contributed by atoms with E-state index in [-0.39, 0.29) is 18.3 Å². The zero-order chi connectivity index (χ0) is 28.4. The summed E-state index contributed by atoms with van der Waals surface area (Å²) in [5.41, 5.74) is 1.18. The van der Waals surface area contributed by atoms with Gasteiger partial charge >= 0.3 is 5.97 Å². The molecule has 0 N–H and O–H groups in total. The molecule has 0 radical (unpaired) electrons. The first-order valence-corrected chi connectivity index (χ1v) is 14.1. The molecule has 0 aliphatic carbocycles. The first-order valence-electron chi connectivity index (χ1n) is 13.3. The predicted octanol–water partition coefficient (Wildman–Crippen LogP) is 3.02. The lowest BCUT2D eigenvalue weighted by Crippen LogP contribution is -2.40. The summed E-state index contributed by atoms with van der Waals surface area (Å²) in [7, 11) is 1.56. The fraction of sp³-hybridized carbons (Fsp3) is 0.414. The van der Waals surface area contributed by atoms with Crippen molar-refractivity contribution in [3.63, 3.8) is 0 Å². The second-order valence-electron chi connectivity index (χ2n) is 9.65. The van der Waals surface area contributed by atoms with Crippen molar-refractivity contribution in [3.05, 3.63) is 72.6 Å². The van der Waals surface area contributed by atoms with Gasteiger partial charge in [-0.3, -0.25) is 9.36 Å². The summed E-state index contributed by atoms with van der Waals surface area (Å²) in [6.07, 6.45) is 1.66. The maximum atomic E-state index is 13.9. The number of ether oxygens (including phenoxy) is 4. The minimum absolute atomic E-state index is 0.0555. The normalized spacial score (nSPS) is 17.6. The SMILES string of the molecule is CCOC(=O)C1=C(C)N=c2s/c(=C\c3ccc(N4CCOCC4)o3)c(=O)n2[C@@H]1c1ccc(OC(C)C)c(OC)c1. The van der Waals surface area contributed by atoms with Crippen molar-refractivity contribution in [2.24, 2.45) is 4.99 Å². The third-order valence-electron chi connectivity index (χ3n) is 6.59. The van der Waals surface area contributed by atoms with E-state index < -0.39 is 12.0 Å². The molecule has 1 aromatic carbocycles. The van der Waals surface area contributed by atoms with Gasteiger partial charge in [0.05, 0.1) is 54.9 Å². The van der Waals surface area contributed by atoms with Gasteiger partial charge in [-0.15, -0.1) is 0 Å². The van der Waals surface area contributed by atoms with E-state index in [4.69, 9.17) is 23.4 Å². The van der Waals surface area contributed by atoms with E-state index in [2.05, 4.69) is 9.89 Å². The summed E-state index contributed by atoms with van der Waals surface area (Å²) in [6.45, 7) is 10.3. The van der Waals surface area contributed by atoms with Crippen LogP contribution < -0.4 is 29.3 Å². The largest absolute Gasteiger partial charge is 0.493 e. The van der Waals surface area contributed by atoms with Crippen LogP contribution >= 0.6 is 11.3 Å².